The van der Waals surface area contributed by atoms with Gasteiger partial charge in [-0.05, 0) is 24.0 Å². The number of aliphatic imine (C=N–C) groups is 1. The van der Waals surface area contributed by atoms with Gasteiger partial charge in [0.25, 0.3) is 0 Å². The predicted octanol–water partition coefficient (Wildman–Crippen LogP) is 2.09. The molecule has 1 rings (SSSR count). The van der Waals surface area contributed by atoms with Gasteiger partial charge >= 0.3 is 0 Å². The van der Waals surface area contributed by atoms with Crippen molar-refractivity contribution in [1.82, 2.24) is 14.5 Å². The van der Waals surface area contributed by atoms with E-state index in [1.807, 2.05) is 25.8 Å². The van der Waals surface area contributed by atoms with E-state index < -0.39 is 10.0 Å². The zero-order chi connectivity index (χ0) is 18.9. The van der Waals surface area contributed by atoms with Gasteiger partial charge in [0.05, 0.1) is 5.75 Å². The molecule has 0 saturated carbocycles. The van der Waals surface area contributed by atoms with Crippen LogP contribution in [0, 0.1) is 0 Å². The van der Waals surface area contributed by atoms with Gasteiger partial charge in [-0.2, -0.15) is 0 Å². The van der Waals surface area contributed by atoms with Gasteiger partial charge in [0.2, 0.25) is 10.0 Å². The predicted molar refractivity (Wildman–Crippen MR) is 108 cm³/mol. The standard InChI is InChI=1S/C17H30N4O2S2/c1-6-21(7-2)25(22,23)13-12-19-17(18-3)20(4)14-15-8-10-16(24-5)11-9-15/h8-11H,6-7,12-14H2,1-5H3,(H,18,19). The molecule has 0 amide bonds. The lowest BCUT2D eigenvalue weighted by Gasteiger charge is -2.23. The van der Waals surface area contributed by atoms with Crippen molar-refractivity contribution in [3.05, 3.63) is 29.8 Å². The fourth-order valence-electron chi connectivity index (χ4n) is 2.50. The van der Waals surface area contributed by atoms with Gasteiger partial charge in [0.1, 0.15) is 0 Å². The summed E-state index contributed by atoms with van der Waals surface area (Å²) in [6.45, 7) is 5.74. The number of nitrogens with zero attached hydrogens (tertiary/aromatic N) is 3. The topological polar surface area (TPSA) is 65.0 Å². The van der Waals surface area contributed by atoms with Gasteiger partial charge < -0.3 is 10.2 Å². The molecule has 1 N–H and O–H groups in total. The first-order valence-corrected chi connectivity index (χ1v) is 11.2. The summed E-state index contributed by atoms with van der Waals surface area (Å²) in [6.07, 6.45) is 2.05. The molecule has 0 aliphatic carbocycles. The third-order valence-corrected chi connectivity index (χ3v) is 6.66. The van der Waals surface area contributed by atoms with Crippen molar-refractivity contribution in [3.8, 4) is 0 Å². The Morgan fingerprint density at radius 2 is 1.80 bits per heavy atom. The first-order valence-electron chi connectivity index (χ1n) is 8.40. The normalized spacial score (nSPS) is 12.5. The first-order chi connectivity index (χ1) is 11.9. The zero-order valence-corrected chi connectivity index (χ0v) is 17.5. The molecule has 0 atom stereocenters. The Morgan fingerprint density at radius 3 is 2.28 bits per heavy atom. The molecule has 6 nitrogen and oxygen atoms in total. The fourth-order valence-corrected chi connectivity index (χ4v) is 4.32. The third kappa shape index (κ3) is 6.87. The van der Waals surface area contributed by atoms with Gasteiger partial charge in [-0.1, -0.05) is 26.0 Å². The highest BCUT2D eigenvalue weighted by Gasteiger charge is 2.18. The highest BCUT2D eigenvalue weighted by Crippen LogP contribution is 2.15. The molecule has 0 aromatic heterocycles. The van der Waals surface area contributed by atoms with Crippen molar-refractivity contribution in [1.29, 1.82) is 0 Å². The Hall–Kier alpha value is -1.25. The number of sulfonamides is 1. The minimum Gasteiger partial charge on any atom is -0.355 e. The van der Waals surface area contributed by atoms with Gasteiger partial charge in [-0.3, -0.25) is 4.99 Å². The molecule has 1 aromatic carbocycles. The molecule has 8 heteroatoms. The van der Waals surface area contributed by atoms with Crippen LogP contribution in [0.1, 0.15) is 19.4 Å². The van der Waals surface area contributed by atoms with Gasteiger partial charge in [0.15, 0.2) is 5.96 Å². The van der Waals surface area contributed by atoms with E-state index in [1.165, 1.54) is 14.8 Å². The molecule has 0 bridgehead atoms. The van der Waals surface area contributed by atoms with E-state index in [2.05, 4.69) is 40.8 Å². The first kappa shape index (κ1) is 21.8. The lowest BCUT2D eigenvalue weighted by Crippen LogP contribution is -2.42. The quantitative estimate of drug-likeness (QED) is 0.400. The maximum absolute atomic E-state index is 12.2. The molecule has 0 spiro atoms. The number of hydrogen-bond donors (Lipinski definition) is 1. The highest BCUT2D eigenvalue weighted by molar-refractivity contribution is 7.98. The van der Waals surface area contributed by atoms with Crippen LogP contribution in [0.5, 0.6) is 0 Å². The SMILES string of the molecule is CCN(CC)S(=O)(=O)CCNC(=NC)N(C)Cc1ccc(SC)cc1. The maximum Gasteiger partial charge on any atom is 0.215 e. The van der Waals surface area contributed by atoms with Gasteiger partial charge in [0, 0.05) is 45.2 Å². The Labute approximate surface area is 156 Å². The summed E-state index contributed by atoms with van der Waals surface area (Å²) in [4.78, 5) is 7.46. The number of benzene rings is 1. The van der Waals surface area contributed by atoms with Crippen molar-refractivity contribution < 1.29 is 8.42 Å². The van der Waals surface area contributed by atoms with E-state index >= 15 is 0 Å². The van der Waals surface area contributed by atoms with Crippen molar-refractivity contribution >= 4 is 27.7 Å². The van der Waals surface area contributed by atoms with Gasteiger partial charge in [-0.25, -0.2) is 12.7 Å². The van der Waals surface area contributed by atoms with E-state index in [-0.39, 0.29) is 5.75 Å². The summed E-state index contributed by atoms with van der Waals surface area (Å²) >= 11 is 1.72. The second-order valence-corrected chi connectivity index (χ2v) is 8.55. The monoisotopic (exact) mass is 386 g/mol. The molecular weight excluding hydrogens is 356 g/mol. The van der Waals surface area contributed by atoms with Crippen molar-refractivity contribution in [2.45, 2.75) is 25.3 Å². The van der Waals surface area contributed by atoms with Crippen LogP contribution in [0.25, 0.3) is 0 Å². The second kappa shape index (κ2) is 10.7. The summed E-state index contributed by atoms with van der Waals surface area (Å²) in [5, 5.41) is 3.14. The number of guanidine groups is 1. The molecule has 0 saturated heterocycles. The van der Waals surface area contributed by atoms with Gasteiger partial charge in [-0.15, -0.1) is 11.8 Å². The molecule has 1 aromatic rings. The van der Waals surface area contributed by atoms with E-state index in [0.717, 1.165) is 0 Å². The summed E-state index contributed by atoms with van der Waals surface area (Å²) < 4.78 is 25.9. The largest absolute Gasteiger partial charge is 0.355 e. The molecule has 0 heterocycles. The number of nitrogens with one attached hydrogen (secondary N) is 1. The summed E-state index contributed by atoms with van der Waals surface area (Å²) in [7, 11) is 0.420. The molecule has 0 fully saturated rings. The smallest absolute Gasteiger partial charge is 0.215 e. The summed E-state index contributed by atoms with van der Waals surface area (Å²) in [6, 6.07) is 8.39. The number of rotatable bonds is 9. The van der Waals surface area contributed by atoms with Crippen LogP contribution in [0.2, 0.25) is 0 Å². The van der Waals surface area contributed by atoms with Crippen LogP contribution in [0.3, 0.4) is 0 Å². The average molecular weight is 387 g/mol. The minimum absolute atomic E-state index is 0.0595. The van der Waals surface area contributed by atoms with Crippen molar-refractivity contribution in [3.63, 3.8) is 0 Å². The minimum atomic E-state index is -3.22. The second-order valence-electron chi connectivity index (χ2n) is 5.58. The lowest BCUT2D eigenvalue weighted by atomic mass is 10.2. The van der Waals surface area contributed by atoms with E-state index in [1.54, 1.807) is 18.8 Å². The van der Waals surface area contributed by atoms with Crippen molar-refractivity contribution in [2.75, 3.05) is 45.7 Å². The molecule has 25 heavy (non-hydrogen) atoms. The Kier molecular flexibility index (Phi) is 9.31. The van der Waals surface area contributed by atoms with Crippen LogP contribution in [0.4, 0.5) is 0 Å². The summed E-state index contributed by atoms with van der Waals surface area (Å²) in [5.74, 6) is 0.743. The fraction of sp³-hybridized carbons (Fsp3) is 0.588. The molecule has 0 radical (unpaired) electrons. The van der Waals surface area contributed by atoms with Crippen molar-refractivity contribution in [2.24, 2.45) is 4.99 Å². The van der Waals surface area contributed by atoms with Crippen LogP contribution < -0.4 is 5.32 Å². The highest BCUT2D eigenvalue weighted by atomic mass is 32.2. The van der Waals surface area contributed by atoms with Crippen LogP contribution >= 0.6 is 11.8 Å². The zero-order valence-electron chi connectivity index (χ0n) is 15.8. The van der Waals surface area contributed by atoms with E-state index in [0.29, 0.717) is 32.1 Å². The number of thioether (sulfide) groups is 1. The van der Waals surface area contributed by atoms with E-state index in [4.69, 9.17) is 0 Å². The van der Waals surface area contributed by atoms with Crippen LogP contribution in [-0.4, -0.2) is 69.3 Å². The molecular formula is C17H30N4O2S2. The Balaban J connectivity index is 2.58. The Morgan fingerprint density at radius 1 is 1.20 bits per heavy atom. The molecule has 142 valence electrons. The van der Waals surface area contributed by atoms with Crippen LogP contribution in [-0.2, 0) is 16.6 Å². The number of hydrogen-bond acceptors (Lipinski definition) is 4. The van der Waals surface area contributed by atoms with Crippen LogP contribution in [0.15, 0.2) is 34.2 Å². The third-order valence-electron chi connectivity index (χ3n) is 3.89. The average Bonchev–Trinajstić information content (AvgIpc) is 2.60. The maximum atomic E-state index is 12.2. The van der Waals surface area contributed by atoms with E-state index in [9.17, 15) is 8.42 Å². The summed E-state index contributed by atoms with van der Waals surface area (Å²) in [5.41, 5.74) is 1.18. The molecule has 0 aliphatic rings. The molecule has 0 aliphatic heterocycles. The molecule has 0 unspecified atom stereocenters. The Bertz CT molecular complexity index is 641. The lowest BCUT2D eigenvalue weighted by molar-refractivity contribution is 0.443.